The van der Waals surface area contributed by atoms with Crippen molar-refractivity contribution in [2.24, 2.45) is 0 Å². The van der Waals surface area contributed by atoms with Crippen LogP contribution in [0.15, 0.2) is 60.7 Å². The van der Waals surface area contributed by atoms with Gasteiger partial charge in [-0.15, -0.1) is 0 Å². The number of benzene rings is 2. The van der Waals surface area contributed by atoms with Gasteiger partial charge >= 0.3 is 9.28 Å². The molecule has 0 saturated heterocycles. The Morgan fingerprint density at radius 3 is 1.71 bits per heavy atom. The molecule has 0 aliphatic heterocycles. The molecule has 0 bridgehead atoms. The van der Waals surface area contributed by atoms with Crippen molar-refractivity contribution in [2.75, 3.05) is 0 Å². The number of hydrogen-bond acceptors (Lipinski definition) is 2. The van der Waals surface area contributed by atoms with E-state index in [1.807, 2.05) is 60.7 Å². The minimum Gasteiger partial charge on any atom is -0.514 e. The Labute approximate surface area is 129 Å². The summed E-state index contributed by atoms with van der Waals surface area (Å²) in [6.07, 6.45) is 4.99. The zero-order chi connectivity index (χ0) is 14.8. The van der Waals surface area contributed by atoms with Gasteiger partial charge in [0.1, 0.15) is 11.5 Å². The molecule has 0 amide bonds. The molecule has 21 heavy (non-hydrogen) atoms. The molecule has 0 atom stereocenters. The van der Waals surface area contributed by atoms with E-state index in [0.29, 0.717) is 0 Å². The van der Waals surface area contributed by atoms with Gasteiger partial charge in [0.05, 0.1) is 0 Å². The second kappa shape index (κ2) is 9.24. The van der Waals surface area contributed by atoms with E-state index in [1.165, 1.54) is 25.7 Å². The van der Waals surface area contributed by atoms with Gasteiger partial charge in [-0.1, -0.05) is 62.6 Å². The SMILES string of the molecule is CCCCCC[SiH](Oc1ccccc1)Oc1ccccc1. The van der Waals surface area contributed by atoms with Gasteiger partial charge < -0.3 is 8.85 Å². The molecule has 0 unspecified atom stereocenters. The standard InChI is InChI=1S/C18H24O2Si/c1-2-3-4-11-16-21(19-17-12-7-5-8-13-17)20-18-14-9-6-10-15-18/h5-10,12-15,21H,2-4,11,16H2,1H3. The maximum Gasteiger partial charge on any atom is 0.444 e. The number of rotatable bonds is 9. The van der Waals surface area contributed by atoms with E-state index < -0.39 is 9.28 Å². The van der Waals surface area contributed by atoms with Crippen LogP contribution in [0.25, 0.3) is 0 Å². The summed E-state index contributed by atoms with van der Waals surface area (Å²) in [5.41, 5.74) is 0. The minimum absolute atomic E-state index is 0.917. The lowest BCUT2D eigenvalue weighted by atomic mass is 10.2. The Morgan fingerprint density at radius 2 is 1.24 bits per heavy atom. The quantitative estimate of drug-likeness (QED) is 0.482. The molecular weight excluding hydrogens is 276 g/mol. The third-order valence-corrected chi connectivity index (χ3v) is 5.26. The van der Waals surface area contributed by atoms with E-state index in [2.05, 4.69) is 6.92 Å². The first-order chi connectivity index (χ1) is 10.4. The van der Waals surface area contributed by atoms with Crippen LogP contribution in [0, 0.1) is 0 Å². The van der Waals surface area contributed by atoms with E-state index in [-0.39, 0.29) is 0 Å². The molecule has 0 saturated carbocycles. The van der Waals surface area contributed by atoms with Crippen LogP contribution in [0.3, 0.4) is 0 Å². The van der Waals surface area contributed by atoms with Crippen LogP contribution in [0.4, 0.5) is 0 Å². The molecule has 0 aromatic heterocycles. The molecule has 2 aromatic carbocycles. The predicted molar refractivity (Wildman–Crippen MR) is 90.2 cm³/mol. The van der Waals surface area contributed by atoms with Crippen molar-refractivity contribution in [1.82, 2.24) is 0 Å². The van der Waals surface area contributed by atoms with Gasteiger partial charge in [-0.05, 0) is 30.7 Å². The third kappa shape index (κ3) is 6.04. The van der Waals surface area contributed by atoms with Crippen molar-refractivity contribution < 1.29 is 8.85 Å². The average Bonchev–Trinajstić information content (AvgIpc) is 2.53. The van der Waals surface area contributed by atoms with Crippen LogP contribution in [0.5, 0.6) is 11.5 Å². The summed E-state index contributed by atoms with van der Waals surface area (Å²) in [7, 11) is -1.73. The monoisotopic (exact) mass is 300 g/mol. The number of unbranched alkanes of at least 4 members (excludes halogenated alkanes) is 3. The molecule has 0 aliphatic rings. The lowest BCUT2D eigenvalue weighted by Crippen LogP contribution is -2.29. The molecular formula is C18H24O2Si. The zero-order valence-corrected chi connectivity index (χ0v) is 13.9. The van der Waals surface area contributed by atoms with Crippen molar-refractivity contribution in [3.63, 3.8) is 0 Å². The highest BCUT2D eigenvalue weighted by atomic mass is 28.3. The van der Waals surface area contributed by atoms with Gasteiger partial charge in [-0.3, -0.25) is 0 Å². The first kappa shape index (κ1) is 15.6. The highest BCUT2D eigenvalue weighted by Gasteiger charge is 2.17. The molecule has 2 nitrogen and oxygen atoms in total. The minimum atomic E-state index is -1.73. The molecule has 2 aromatic rings. The summed E-state index contributed by atoms with van der Waals surface area (Å²) in [5.74, 6) is 1.83. The highest BCUT2D eigenvalue weighted by Crippen LogP contribution is 2.17. The van der Waals surface area contributed by atoms with E-state index in [1.54, 1.807) is 0 Å². The Kier molecular flexibility index (Phi) is 6.88. The molecule has 0 fully saturated rings. The number of hydrogen-bond donors (Lipinski definition) is 0. The topological polar surface area (TPSA) is 18.5 Å². The van der Waals surface area contributed by atoms with Crippen molar-refractivity contribution in [3.05, 3.63) is 60.7 Å². The van der Waals surface area contributed by atoms with Gasteiger partial charge in [0.15, 0.2) is 0 Å². The van der Waals surface area contributed by atoms with Crippen LogP contribution in [0.2, 0.25) is 6.04 Å². The second-order valence-corrected chi connectivity index (χ2v) is 7.05. The molecule has 0 radical (unpaired) electrons. The Morgan fingerprint density at radius 1 is 0.714 bits per heavy atom. The lowest BCUT2D eigenvalue weighted by molar-refractivity contribution is 0.417. The fourth-order valence-corrected chi connectivity index (χ4v) is 4.01. The van der Waals surface area contributed by atoms with E-state index >= 15 is 0 Å². The molecule has 0 aliphatic carbocycles. The predicted octanol–water partition coefficient (Wildman–Crippen LogP) is 4.95. The van der Waals surface area contributed by atoms with Crippen LogP contribution in [0.1, 0.15) is 32.6 Å². The van der Waals surface area contributed by atoms with Gasteiger partial charge in [0.25, 0.3) is 0 Å². The Hall–Kier alpha value is -1.74. The van der Waals surface area contributed by atoms with Gasteiger partial charge in [0.2, 0.25) is 0 Å². The molecule has 112 valence electrons. The largest absolute Gasteiger partial charge is 0.514 e. The summed E-state index contributed by atoms with van der Waals surface area (Å²) >= 11 is 0. The van der Waals surface area contributed by atoms with Crippen molar-refractivity contribution in [2.45, 2.75) is 38.7 Å². The van der Waals surface area contributed by atoms with Crippen LogP contribution >= 0.6 is 0 Å². The molecule has 3 heteroatoms. The van der Waals surface area contributed by atoms with Crippen molar-refractivity contribution in [1.29, 1.82) is 0 Å². The maximum atomic E-state index is 6.12. The van der Waals surface area contributed by atoms with Crippen LogP contribution in [-0.4, -0.2) is 9.28 Å². The maximum absolute atomic E-state index is 6.12. The lowest BCUT2D eigenvalue weighted by Gasteiger charge is -2.19. The summed E-state index contributed by atoms with van der Waals surface area (Å²) in [5, 5.41) is 0. The molecule has 0 spiro atoms. The summed E-state index contributed by atoms with van der Waals surface area (Å²) in [6.45, 7) is 2.23. The fourth-order valence-electron chi connectivity index (χ4n) is 2.18. The third-order valence-electron chi connectivity index (χ3n) is 3.31. The zero-order valence-electron chi connectivity index (χ0n) is 12.7. The Balaban J connectivity index is 1.93. The van der Waals surface area contributed by atoms with Gasteiger partial charge in [-0.25, -0.2) is 0 Å². The van der Waals surface area contributed by atoms with E-state index in [9.17, 15) is 0 Å². The summed E-state index contributed by atoms with van der Waals surface area (Å²) < 4.78 is 12.2. The molecule has 0 N–H and O–H groups in total. The van der Waals surface area contributed by atoms with Gasteiger partial charge in [0, 0.05) is 6.04 Å². The van der Waals surface area contributed by atoms with Gasteiger partial charge in [-0.2, -0.15) is 0 Å². The normalized spacial score (nSPS) is 10.6. The van der Waals surface area contributed by atoms with Crippen molar-refractivity contribution in [3.8, 4) is 11.5 Å². The molecule has 0 heterocycles. The van der Waals surface area contributed by atoms with E-state index in [0.717, 1.165) is 17.5 Å². The molecule has 2 rings (SSSR count). The number of para-hydroxylation sites is 2. The summed E-state index contributed by atoms with van der Waals surface area (Å²) in [4.78, 5) is 0. The second-order valence-electron chi connectivity index (χ2n) is 5.14. The smallest absolute Gasteiger partial charge is 0.444 e. The summed E-state index contributed by atoms with van der Waals surface area (Å²) in [6, 6.07) is 21.1. The van der Waals surface area contributed by atoms with Crippen molar-refractivity contribution >= 4 is 9.28 Å². The first-order valence-corrected chi connectivity index (χ1v) is 9.58. The van der Waals surface area contributed by atoms with Crippen LogP contribution < -0.4 is 8.85 Å². The Bertz CT molecular complexity index is 446. The fraction of sp³-hybridized carbons (Fsp3) is 0.333. The van der Waals surface area contributed by atoms with E-state index in [4.69, 9.17) is 8.85 Å². The first-order valence-electron chi connectivity index (χ1n) is 7.82. The average molecular weight is 300 g/mol. The highest BCUT2D eigenvalue weighted by molar-refractivity contribution is 6.46. The van der Waals surface area contributed by atoms with Crippen LogP contribution in [-0.2, 0) is 0 Å².